The molecule has 2 unspecified atom stereocenters. The first-order chi connectivity index (χ1) is 17.1. The highest BCUT2D eigenvalue weighted by atomic mass is 19.1. The molecule has 1 aliphatic carbocycles. The second-order valence-electron chi connectivity index (χ2n) is 8.71. The van der Waals surface area contributed by atoms with Crippen molar-refractivity contribution in [3.63, 3.8) is 0 Å². The van der Waals surface area contributed by atoms with E-state index in [0.29, 0.717) is 12.1 Å². The molecule has 1 N–H and O–H groups in total. The molecule has 1 aliphatic heterocycles. The summed E-state index contributed by atoms with van der Waals surface area (Å²) in [5, 5.41) is 20.9. The topological polar surface area (TPSA) is 75.8 Å². The second-order valence-corrected chi connectivity index (χ2v) is 8.71. The summed E-state index contributed by atoms with van der Waals surface area (Å²) in [6.07, 6.45) is 14.2. The number of halogens is 1. The molecule has 0 amide bonds. The van der Waals surface area contributed by atoms with Gasteiger partial charge in [0, 0.05) is 25.4 Å². The Hall–Kier alpha value is -3.62. The van der Waals surface area contributed by atoms with Crippen LogP contribution in [0.2, 0.25) is 0 Å². The molecule has 0 saturated heterocycles. The van der Waals surface area contributed by atoms with Crippen LogP contribution in [-0.2, 0) is 30.5 Å². The van der Waals surface area contributed by atoms with Crippen molar-refractivity contribution in [1.82, 2.24) is 14.8 Å². The molecule has 5 rings (SSSR count). The summed E-state index contributed by atoms with van der Waals surface area (Å²) in [4.78, 5) is 4.59. The maximum Gasteiger partial charge on any atom is 0.123 e. The number of fused-ring (bicyclic) bond motifs is 1. The van der Waals surface area contributed by atoms with Crippen molar-refractivity contribution in [1.29, 1.82) is 0 Å². The number of anilines is 1. The lowest BCUT2D eigenvalue weighted by molar-refractivity contribution is 0.112. The molecular formula is C27H28FN5O2. The highest BCUT2D eigenvalue weighted by Gasteiger charge is 2.21. The molecule has 0 bridgehead atoms. The fourth-order valence-electron chi connectivity index (χ4n) is 4.20. The highest BCUT2D eigenvalue weighted by Crippen LogP contribution is 2.22. The van der Waals surface area contributed by atoms with Gasteiger partial charge in [-0.15, -0.1) is 0 Å². The Labute approximate surface area is 203 Å². The Balaban J connectivity index is 1.20. The molecule has 35 heavy (non-hydrogen) atoms. The third-order valence-electron chi connectivity index (χ3n) is 6.18. The van der Waals surface area contributed by atoms with Gasteiger partial charge in [-0.3, -0.25) is 9.67 Å². The van der Waals surface area contributed by atoms with E-state index in [1.165, 1.54) is 6.07 Å². The normalized spacial score (nSPS) is 19.1. The molecule has 2 atom stereocenters. The van der Waals surface area contributed by atoms with Crippen LogP contribution in [0.25, 0.3) is 6.08 Å². The van der Waals surface area contributed by atoms with E-state index >= 15 is 0 Å². The molecule has 0 fully saturated rings. The summed E-state index contributed by atoms with van der Waals surface area (Å²) in [6, 6.07) is 8.87. The largest absolute Gasteiger partial charge is 0.383 e. The number of hydrogen-bond acceptors (Lipinski definition) is 6. The van der Waals surface area contributed by atoms with Gasteiger partial charge in [0.25, 0.3) is 0 Å². The number of nitrogens with zero attached hydrogens (tertiary/aromatic N) is 5. The van der Waals surface area contributed by atoms with E-state index in [2.05, 4.69) is 21.3 Å². The van der Waals surface area contributed by atoms with Crippen molar-refractivity contribution >= 4 is 17.5 Å². The quantitative estimate of drug-likeness (QED) is 0.537. The third-order valence-corrected chi connectivity index (χ3v) is 6.18. The number of ether oxygens (including phenoxy) is 1. The van der Waals surface area contributed by atoms with Gasteiger partial charge < -0.3 is 9.84 Å². The summed E-state index contributed by atoms with van der Waals surface area (Å²) in [5.41, 5.74) is 5.52. The minimum absolute atomic E-state index is 0.139. The van der Waals surface area contributed by atoms with E-state index in [1.807, 2.05) is 42.2 Å². The predicted molar refractivity (Wildman–Crippen MR) is 133 cm³/mol. The third kappa shape index (κ3) is 5.55. The number of aliphatic hydroxyl groups is 1. The van der Waals surface area contributed by atoms with E-state index in [9.17, 15) is 9.50 Å². The number of hydrazone groups is 1. The number of hydrogen-bond donors (Lipinski definition) is 1. The molecule has 0 radical (unpaired) electrons. The molecule has 180 valence electrons. The van der Waals surface area contributed by atoms with Crippen LogP contribution in [0.3, 0.4) is 0 Å². The van der Waals surface area contributed by atoms with Crippen LogP contribution in [0.4, 0.5) is 10.1 Å². The fraction of sp³-hybridized carbons (Fsp3) is 0.296. The van der Waals surface area contributed by atoms with Gasteiger partial charge in [0.15, 0.2) is 0 Å². The molecule has 7 nitrogen and oxygen atoms in total. The van der Waals surface area contributed by atoms with Gasteiger partial charge in [-0.25, -0.2) is 9.40 Å². The number of pyridine rings is 1. The Morgan fingerprint density at radius 2 is 2.03 bits per heavy atom. The number of benzene rings is 1. The molecule has 0 spiro atoms. The molecular weight excluding hydrogens is 445 g/mol. The Morgan fingerprint density at radius 3 is 2.86 bits per heavy atom. The fourth-order valence-corrected chi connectivity index (χ4v) is 4.20. The Kier molecular flexibility index (Phi) is 6.83. The van der Waals surface area contributed by atoms with Crippen molar-refractivity contribution in [2.75, 3.05) is 11.6 Å². The van der Waals surface area contributed by atoms with Crippen molar-refractivity contribution in [3.05, 3.63) is 95.5 Å². The van der Waals surface area contributed by atoms with Crippen molar-refractivity contribution in [2.45, 2.75) is 44.9 Å². The minimum Gasteiger partial charge on any atom is -0.383 e. The van der Waals surface area contributed by atoms with Gasteiger partial charge in [0.2, 0.25) is 0 Å². The lowest BCUT2D eigenvalue weighted by Crippen LogP contribution is -2.32. The monoisotopic (exact) mass is 473 g/mol. The Bertz CT molecular complexity index is 1280. The van der Waals surface area contributed by atoms with Crippen LogP contribution in [-0.4, -0.2) is 44.4 Å². The number of aryl methyl sites for hydroxylation is 3. The number of rotatable bonds is 8. The zero-order valence-electron chi connectivity index (χ0n) is 19.6. The second kappa shape index (κ2) is 10.3. The molecule has 1 aromatic carbocycles. The zero-order chi connectivity index (χ0) is 24.2. The van der Waals surface area contributed by atoms with Gasteiger partial charge in [0.1, 0.15) is 17.6 Å². The van der Waals surface area contributed by atoms with E-state index in [1.54, 1.807) is 35.6 Å². The highest BCUT2D eigenvalue weighted by molar-refractivity contribution is 5.93. The maximum atomic E-state index is 13.4. The smallest absolute Gasteiger partial charge is 0.123 e. The van der Waals surface area contributed by atoms with Crippen LogP contribution in [0.15, 0.2) is 72.4 Å². The van der Waals surface area contributed by atoms with Crippen LogP contribution in [0.1, 0.15) is 29.3 Å². The first-order valence-corrected chi connectivity index (χ1v) is 11.8. The first-order valence-electron chi connectivity index (χ1n) is 11.8. The summed E-state index contributed by atoms with van der Waals surface area (Å²) >= 11 is 0. The summed E-state index contributed by atoms with van der Waals surface area (Å²) in [6.45, 7) is 3.01. The minimum atomic E-state index is -0.789. The van der Waals surface area contributed by atoms with Gasteiger partial charge >= 0.3 is 0 Å². The van der Waals surface area contributed by atoms with Crippen molar-refractivity contribution in [3.8, 4) is 0 Å². The molecule has 3 aromatic rings. The van der Waals surface area contributed by atoms with E-state index in [4.69, 9.17) is 4.74 Å². The first kappa shape index (κ1) is 23.1. The van der Waals surface area contributed by atoms with Gasteiger partial charge in [0.05, 0.1) is 36.5 Å². The van der Waals surface area contributed by atoms with Crippen LogP contribution in [0, 0.1) is 5.82 Å². The molecule has 0 saturated carbocycles. The van der Waals surface area contributed by atoms with E-state index in [0.717, 1.165) is 47.5 Å². The van der Waals surface area contributed by atoms with Gasteiger partial charge in [-0.05, 0) is 60.7 Å². The lowest BCUT2D eigenvalue weighted by atomic mass is 9.96. The summed E-state index contributed by atoms with van der Waals surface area (Å²) in [5.74, 6) is -0.210. The maximum absolute atomic E-state index is 13.4. The standard InChI is InChI=1S/C27H28FN5O2/c1-2-32-17-23(16-30-32)33-11-10-27(34)26(31-33)18-35-24-8-9-25-21(14-24)12-20(15-29-25)7-6-19-4-3-5-22(28)13-19/h3-5,8-13,15-17,24,27,34H,2,6-7,14,18H2,1H3. The van der Waals surface area contributed by atoms with Crippen LogP contribution >= 0.6 is 0 Å². The van der Waals surface area contributed by atoms with Crippen LogP contribution in [0.5, 0.6) is 0 Å². The summed E-state index contributed by atoms with van der Waals surface area (Å²) < 4.78 is 21.4. The SMILES string of the molecule is CCn1cc(N2C=CC(O)C(COC3C=Cc4ncc(CCc5cccc(F)c5)cc4C3)=N2)cn1. The zero-order valence-corrected chi connectivity index (χ0v) is 19.6. The number of aliphatic hydroxyl groups excluding tert-OH is 1. The lowest BCUT2D eigenvalue weighted by Gasteiger charge is -2.24. The molecule has 2 aromatic heterocycles. The Morgan fingerprint density at radius 1 is 1.14 bits per heavy atom. The molecule has 2 aliphatic rings. The molecule has 8 heteroatoms. The van der Waals surface area contributed by atoms with Gasteiger partial charge in [-0.1, -0.05) is 24.3 Å². The predicted octanol–water partition coefficient (Wildman–Crippen LogP) is 3.93. The van der Waals surface area contributed by atoms with E-state index in [-0.39, 0.29) is 18.5 Å². The summed E-state index contributed by atoms with van der Waals surface area (Å²) in [7, 11) is 0. The van der Waals surface area contributed by atoms with Crippen molar-refractivity contribution < 1.29 is 14.2 Å². The van der Waals surface area contributed by atoms with Crippen LogP contribution < -0.4 is 5.01 Å². The van der Waals surface area contributed by atoms with Gasteiger partial charge in [-0.2, -0.15) is 10.2 Å². The van der Waals surface area contributed by atoms with Crippen molar-refractivity contribution in [2.24, 2.45) is 5.10 Å². The average Bonchev–Trinajstić information content (AvgIpc) is 3.36. The number of aromatic nitrogens is 3. The van der Waals surface area contributed by atoms with E-state index < -0.39 is 6.10 Å². The molecule has 3 heterocycles. The average molecular weight is 474 g/mol.